The summed E-state index contributed by atoms with van der Waals surface area (Å²) in [5.74, 6) is 0.906. The maximum atomic E-state index is 5.99. The first kappa shape index (κ1) is 14.8. The third-order valence-corrected chi connectivity index (χ3v) is 3.26. The third kappa shape index (κ3) is 3.11. The first-order valence-electron chi connectivity index (χ1n) is 6.66. The molecule has 1 heterocycles. The summed E-state index contributed by atoms with van der Waals surface area (Å²) in [4.78, 5) is 4.38. The Morgan fingerprint density at radius 1 is 1.40 bits per heavy atom. The highest BCUT2D eigenvalue weighted by Gasteiger charge is 2.20. The second kappa shape index (κ2) is 6.72. The van der Waals surface area contributed by atoms with Gasteiger partial charge in [0.1, 0.15) is 6.10 Å². The van der Waals surface area contributed by atoms with Gasteiger partial charge in [0.2, 0.25) is 5.82 Å². The first-order chi connectivity index (χ1) is 9.67. The van der Waals surface area contributed by atoms with Crippen LogP contribution in [0.4, 0.5) is 5.69 Å². The predicted molar refractivity (Wildman–Crippen MR) is 78.4 cm³/mol. The van der Waals surface area contributed by atoms with Crippen LogP contribution in [0.15, 0.2) is 22.7 Å². The van der Waals surface area contributed by atoms with Crippen molar-refractivity contribution in [1.29, 1.82) is 0 Å². The van der Waals surface area contributed by atoms with Crippen molar-refractivity contribution in [2.24, 2.45) is 0 Å². The van der Waals surface area contributed by atoms with Gasteiger partial charge in [0.25, 0.3) is 5.89 Å². The second-order valence-electron chi connectivity index (χ2n) is 4.39. The van der Waals surface area contributed by atoms with Crippen molar-refractivity contribution in [2.45, 2.75) is 32.8 Å². The summed E-state index contributed by atoms with van der Waals surface area (Å²) in [5, 5.41) is 4.46. The Morgan fingerprint density at radius 3 is 2.90 bits per heavy atom. The summed E-state index contributed by atoms with van der Waals surface area (Å²) in [7, 11) is 0. The lowest BCUT2D eigenvalue weighted by Gasteiger charge is -2.11. The second-order valence-corrected chi connectivity index (χ2v) is 4.80. The van der Waals surface area contributed by atoms with E-state index in [0.717, 1.165) is 12.8 Å². The Bertz CT molecular complexity index is 565. The van der Waals surface area contributed by atoms with Gasteiger partial charge in [-0.1, -0.05) is 36.2 Å². The molecule has 2 aromatic rings. The molecule has 0 radical (unpaired) electrons. The van der Waals surface area contributed by atoms with Gasteiger partial charge in [-0.15, -0.1) is 0 Å². The van der Waals surface area contributed by atoms with Crippen LogP contribution in [0.2, 0.25) is 5.02 Å². The van der Waals surface area contributed by atoms with Gasteiger partial charge in [-0.2, -0.15) is 4.98 Å². The van der Waals surface area contributed by atoms with Gasteiger partial charge in [0, 0.05) is 6.61 Å². The van der Waals surface area contributed by atoms with Crippen LogP contribution in [0.5, 0.6) is 0 Å². The number of nitrogens with two attached hydrogens (primary N) is 1. The van der Waals surface area contributed by atoms with Gasteiger partial charge in [-0.05, 0) is 25.5 Å². The van der Waals surface area contributed by atoms with Crippen molar-refractivity contribution < 1.29 is 9.26 Å². The van der Waals surface area contributed by atoms with Crippen molar-refractivity contribution in [3.63, 3.8) is 0 Å². The molecule has 0 aliphatic rings. The number of aromatic nitrogens is 2. The van der Waals surface area contributed by atoms with Crippen LogP contribution in [0.25, 0.3) is 11.5 Å². The van der Waals surface area contributed by atoms with E-state index in [-0.39, 0.29) is 6.10 Å². The monoisotopic (exact) mass is 295 g/mol. The van der Waals surface area contributed by atoms with Gasteiger partial charge < -0.3 is 15.0 Å². The molecule has 1 unspecified atom stereocenters. The molecular weight excluding hydrogens is 278 g/mol. The summed E-state index contributed by atoms with van der Waals surface area (Å²) in [6.07, 6.45) is 1.68. The number of rotatable bonds is 6. The molecule has 0 aliphatic heterocycles. The first-order valence-corrected chi connectivity index (χ1v) is 7.04. The number of para-hydroxylation sites is 1. The van der Waals surface area contributed by atoms with Crippen molar-refractivity contribution >= 4 is 17.3 Å². The average molecular weight is 296 g/mol. The van der Waals surface area contributed by atoms with Gasteiger partial charge in [0.05, 0.1) is 16.3 Å². The van der Waals surface area contributed by atoms with E-state index < -0.39 is 0 Å². The number of hydrogen-bond donors (Lipinski definition) is 1. The summed E-state index contributed by atoms with van der Waals surface area (Å²) in [6, 6.07) is 5.32. The van der Waals surface area contributed by atoms with Crippen LogP contribution in [-0.4, -0.2) is 16.7 Å². The molecule has 1 aromatic heterocycles. The van der Waals surface area contributed by atoms with Gasteiger partial charge in [-0.3, -0.25) is 0 Å². The van der Waals surface area contributed by atoms with Crippen LogP contribution in [-0.2, 0) is 4.74 Å². The van der Waals surface area contributed by atoms with Crippen LogP contribution in [0, 0.1) is 0 Å². The maximum absolute atomic E-state index is 5.99. The van der Waals surface area contributed by atoms with E-state index in [1.807, 2.05) is 6.92 Å². The fourth-order valence-electron chi connectivity index (χ4n) is 1.95. The van der Waals surface area contributed by atoms with Gasteiger partial charge in [0.15, 0.2) is 0 Å². The van der Waals surface area contributed by atoms with E-state index in [1.54, 1.807) is 18.2 Å². The fraction of sp³-hybridized carbons (Fsp3) is 0.429. The smallest absolute Gasteiger partial charge is 0.260 e. The van der Waals surface area contributed by atoms with Crippen LogP contribution >= 0.6 is 11.6 Å². The van der Waals surface area contributed by atoms with Crippen molar-refractivity contribution in [2.75, 3.05) is 12.3 Å². The lowest BCUT2D eigenvalue weighted by atomic mass is 10.1. The molecule has 1 aromatic carbocycles. The Balaban J connectivity index is 2.30. The molecule has 108 valence electrons. The molecule has 5 nitrogen and oxygen atoms in total. The zero-order valence-electron chi connectivity index (χ0n) is 11.6. The van der Waals surface area contributed by atoms with E-state index in [1.165, 1.54) is 0 Å². The number of nitrogens with zero attached hydrogens (tertiary/aromatic N) is 2. The molecule has 0 amide bonds. The molecule has 0 saturated carbocycles. The number of nitrogen functional groups attached to an aromatic ring is 1. The lowest BCUT2D eigenvalue weighted by molar-refractivity contribution is 0.0478. The standard InChI is InChI=1S/C14H18ClN3O2/c1-3-6-11(19-4-2)13-17-14(20-18-13)9-7-5-8-10(15)12(9)16/h5,7-8,11H,3-4,6,16H2,1-2H3. The van der Waals surface area contributed by atoms with E-state index in [9.17, 15) is 0 Å². The molecule has 6 heteroatoms. The highest BCUT2D eigenvalue weighted by Crippen LogP contribution is 2.31. The number of anilines is 1. The maximum Gasteiger partial charge on any atom is 0.260 e. The minimum Gasteiger partial charge on any atom is -0.397 e. The van der Waals surface area contributed by atoms with Crippen molar-refractivity contribution in [1.82, 2.24) is 10.1 Å². The predicted octanol–water partition coefficient (Wildman–Crippen LogP) is 3.85. The molecule has 20 heavy (non-hydrogen) atoms. The topological polar surface area (TPSA) is 74.2 Å². The van der Waals surface area contributed by atoms with E-state index in [0.29, 0.717) is 34.6 Å². The van der Waals surface area contributed by atoms with E-state index in [4.69, 9.17) is 26.6 Å². The summed E-state index contributed by atoms with van der Waals surface area (Å²) < 4.78 is 10.9. The molecule has 0 aliphatic carbocycles. The Hall–Kier alpha value is -1.59. The van der Waals surface area contributed by atoms with E-state index in [2.05, 4.69) is 17.1 Å². The fourth-order valence-corrected chi connectivity index (χ4v) is 2.12. The Morgan fingerprint density at radius 2 is 2.20 bits per heavy atom. The zero-order valence-corrected chi connectivity index (χ0v) is 12.4. The molecule has 0 fully saturated rings. The molecule has 1 atom stereocenters. The van der Waals surface area contributed by atoms with Crippen LogP contribution in [0.1, 0.15) is 38.6 Å². The summed E-state index contributed by atoms with van der Waals surface area (Å²) in [6.45, 7) is 4.63. The minimum atomic E-state index is -0.150. The van der Waals surface area contributed by atoms with Crippen LogP contribution in [0.3, 0.4) is 0 Å². The van der Waals surface area contributed by atoms with Crippen LogP contribution < -0.4 is 5.73 Å². The molecule has 0 saturated heterocycles. The lowest BCUT2D eigenvalue weighted by Crippen LogP contribution is -2.06. The normalized spacial score (nSPS) is 12.6. The number of hydrogen-bond acceptors (Lipinski definition) is 5. The SMILES string of the molecule is CCCC(OCC)c1noc(-c2cccc(Cl)c2N)n1. The molecule has 2 N–H and O–H groups in total. The van der Waals surface area contributed by atoms with Gasteiger partial charge >= 0.3 is 0 Å². The summed E-state index contributed by atoms with van der Waals surface area (Å²) >= 11 is 5.99. The Kier molecular flexibility index (Phi) is 4.98. The van der Waals surface area contributed by atoms with E-state index >= 15 is 0 Å². The van der Waals surface area contributed by atoms with Crippen molar-refractivity contribution in [3.8, 4) is 11.5 Å². The highest BCUT2D eigenvalue weighted by atomic mass is 35.5. The largest absolute Gasteiger partial charge is 0.397 e. The number of ether oxygens (including phenoxy) is 1. The minimum absolute atomic E-state index is 0.150. The Labute approximate surface area is 123 Å². The van der Waals surface area contributed by atoms with Crippen molar-refractivity contribution in [3.05, 3.63) is 29.0 Å². The third-order valence-electron chi connectivity index (χ3n) is 2.93. The molecular formula is C14H18ClN3O2. The quantitative estimate of drug-likeness (QED) is 0.819. The highest BCUT2D eigenvalue weighted by molar-refractivity contribution is 6.33. The molecule has 0 bridgehead atoms. The summed E-state index contributed by atoms with van der Waals surface area (Å²) in [5.41, 5.74) is 7.01. The van der Waals surface area contributed by atoms with Gasteiger partial charge in [-0.25, -0.2) is 0 Å². The number of halogens is 1. The molecule has 2 rings (SSSR count). The zero-order chi connectivity index (χ0) is 14.5. The molecule has 0 spiro atoms. The average Bonchev–Trinajstić information content (AvgIpc) is 2.91. The number of benzene rings is 1.